The van der Waals surface area contributed by atoms with Crippen LogP contribution in [0.3, 0.4) is 0 Å². The van der Waals surface area contributed by atoms with Gasteiger partial charge in [0.1, 0.15) is 0 Å². The van der Waals surface area contributed by atoms with Gasteiger partial charge in [0.15, 0.2) is 12.4 Å². The minimum absolute atomic E-state index is 0.0927. The van der Waals surface area contributed by atoms with Crippen molar-refractivity contribution >= 4 is 40.6 Å². The van der Waals surface area contributed by atoms with Crippen LogP contribution in [0.25, 0.3) is 0 Å². The van der Waals surface area contributed by atoms with E-state index >= 15 is 0 Å². The molecule has 1 fully saturated rings. The third-order valence-electron chi connectivity index (χ3n) is 5.60. The number of carbonyl (C=O) groups is 4. The third-order valence-corrected chi connectivity index (χ3v) is 6.46. The van der Waals surface area contributed by atoms with Gasteiger partial charge in [0.05, 0.1) is 16.5 Å². The summed E-state index contributed by atoms with van der Waals surface area (Å²) < 4.78 is 5.25. The van der Waals surface area contributed by atoms with Crippen LogP contribution in [-0.2, 0) is 14.3 Å². The zero-order chi connectivity index (χ0) is 23.9. The zero-order valence-corrected chi connectivity index (χ0v) is 19.3. The van der Waals surface area contributed by atoms with Gasteiger partial charge in [0.25, 0.3) is 11.8 Å². The fourth-order valence-corrected chi connectivity index (χ4v) is 4.58. The molecule has 0 spiro atoms. The molecule has 1 unspecified atom stereocenters. The number of thiophene rings is 1. The minimum atomic E-state index is -0.538. The number of carbonyl (C=O) groups excluding carboxylic acids is 4. The highest BCUT2D eigenvalue weighted by Crippen LogP contribution is 2.22. The van der Waals surface area contributed by atoms with Crippen LogP contribution in [0.1, 0.15) is 38.4 Å². The van der Waals surface area contributed by atoms with Crippen LogP contribution < -0.4 is 5.32 Å². The van der Waals surface area contributed by atoms with Crippen LogP contribution in [0.2, 0.25) is 0 Å². The monoisotopic (exact) mass is 476 g/mol. The van der Waals surface area contributed by atoms with Crippen molar-refractivity contribution < 1.29 is 23.9 Å². The molecule has 0 bridgehead atoms. The number of nitrogens with zero attached hydrogens (tertiary/aromatic N) is 1. The molecule has 1 aliphatic rings. The summed E-state index contributed by atoms with van der Waals surface area (Å²) >= 11 is 1.37. The fraction of sp³-hybridized carbons (Fsp3) is 0.231. The van der Waals surface area contributed by atoms with Crippen LogP contribution in [0.15, 0.2) is 72.1 Å². The van der Waals surface area contributed by atoms with E-state index in [1.54, 1.807) is 59.5 Å². The number of para-hydroxylation sites is 1. The van der Waals surface area contributed by atoms with E-state index in [4.69, 9.17) is 4.74 Å². The maximum atomic E-state index is 12.8. The average molecular weight is 477 g/mol. The highest BCUT2D eigenvalue weighted by Gasteiger charge is 2.30. The van der Waals surface area contributed by atoms with Gasteiger partial charge in [-0.1, -0.05) is 48.5 Å². The predicted molar refractivity (Wildman–Crippen MR) is 129 cm³/mol. The Morgan fingerprint density at radius 3 is 2.50 bits per heavy atom. The molecule has 7 nitrogen and oxygen atoms in total. The smallest absolute Gasteiger partial charge is 0.311 e. The van der Waals surface area contributed by atoms with Gasteiger partial charge in [-0.3, -0.25) is 19.2 Å². The van der Waals surface area contributed by atoms with E-state index in [1.807, 2.05) is 17.5 Å². The van der Waals surface area contributed by atoms with Crippen molar-refractivity contribution in [1.82, 2.24) is 4.90 Å². The second kappa shape index (κ2) is 10.9. The van der Waals surface area contributed by atoms with Gasteiger partial charge in [-0.2, -0.15) is 0 Å². The van der Waals surface area contributed by atoms with E-state index in [2.05, 4.69) is 5.32 Å². The minimum Gasteiger partial charge on any atom is -0.455 e. The number of piperidine rings is 1. The highest BCUT2D eigenvalue weighted by molar-refractivity contribution is 7.12. The summed E-state index contributed by atoms with van der Waals surface area (Å²) in [7, 11) is 0. The first-order chi connectivity index (χ1) is 16.5. The first-order valence-corrected chi connectivity index (χ1v) is 11.9. The van der Waals surface area contributed by atoms with Gasteiger partial charge in [0, 0.05) is 24.2 Å². The topological polar surface area (TPSA) is 92.8 Å². The molecule has 174 valence electrons. The zero-order valence-electron chi connectivity index (χ0n) is 18.4. The van der Waals surface area contributed by atoms with Gasteiger partial charge in [-0.15, -0.1) is 11.3 Å². The number of ether oxygens (including phenoxy) is 1. The van der Waals surface area contributed by atoms with Crippen molar-refractivity contribution in [3.63, 3.8) is 0 Å². The molecule has 2 heterocycles. The van der Waals surface area contributed by atoms with Crippen LogP contribution >= 0.6 is 11.3 Å². The Hall–Kier alpha value is -3.78. The Labute approximate surface area is 201 Å². The van der Waals surface area contributed by atoms with Gasteiger partial charge >= 0.3 is 5.97 Å². The molecule has 3 aromatic rings. The quantitative estimate of drug-likeness (QED) is 0.411. The van der Waals surface area contributed by atoms with E-state index in [0.717, 1.165) is 0 Å². The molecular formula is C26H24N2O5S. The number of hydrogen-bond donors (Lipinski definition) is 1. The molecule has 1 atom stereocenters. The van der Waals surface area contributed by atoms with Crippen molar-refractivity contribution in [1.29, 1.82) is 0 Å². The molecule has 8 heteroatoms. The van der Waals surface area contributed by atoms with E-state index in [1.165, 1.54) is 11.3 Å². The number of benzene rings is 2. The van der Waals surface area contributed by atoms with Crippen LogP contribution in [0.5, 0.6) is 0 Å². The SMILES string of the molecule is O=C(COC(=O)C1CCCN(C(=O)c2cccs2)C1)Nc1ccccc1C(=O)c1ccccc1. The lowest BCUT2D eigenvalue weighted by Crippen LogP contribution is -2.43. The first kappa shape index (κ1) is 23.4. The Bertz CT molecular complexity index is 1180. The third kappa shape index (κ3) is 5.58. The summed E-state index contributed by atoms with van der Waals surface area (Å²) in [6.45, 7) is 0.390. The summed E-state index contributed by atoms with van der Waals surface area (Å²) in [5.41, 5.74) is 1.21. The Morgan fingerprint density at radius 2 is 1.74 bits per heavy atom. The lowest BCUT2D eigenvalue weighted by Gasteiger charge is -2.31. The summed E-state index contributed by atoms with van der Waals surface area (Å²) in [6.07, 6.45) is 1.29. The molecule has 1 saturated heterocycles. The van der Waals surface area contributed by atoms with E-state index in [9.17, 15) is 19.2 Å². The molecule has 1 aliphatic heterocycles. The lowest BCUT2D eigenvalue weighted by molar-refractivity contribution is -0.152. The molecule has 34 heavy (non-hydrogen) atoms. The van der Waals surface area contributed by atoms with Crippen molar-refractivity contribution in [3.8, 4) is 0 Å². The summed E-state index contributed by atoms with van der Waals surface area (Å²) in [5, 5.41) is 4.51. The molecule has 0 aliphatic carbocycles. The number of ketones is 1. The van der Waals surface area contributed by atoms with Crippen LogP contribution in [0.4, 0.5) is 5.69 Å². The second-order valence-electron chi connectivity index (χ2n) is 7.96. The number of likely N-dealkylation sites (tertiary alicyclic amines) is 1. The number of esters is 1. The molecule has 1 N–H and O–H groups in total. The van der Waals surface area contributed by atoms with Gasteiger partial charge in [-0.25, -0.2) is 0 Å². The van der Waals surface area contributed by atoms with Gasteiger partial charge in [0.2, 0.25) is 0 Å². The molecule has 1 aromatic heterocycles. The number of anilines is 1. The highest BCUT2D eigenvalue weighted by atomic mass is 32.1. The molecular weight excluding hydrogens is 452 g/mol. The van der Waals surface area contributed by atoms with Crippen LogP contribution in [0, 0.1) is 5.92 Å². The summed E-state index contributed by atoms with van der Waals surface area (Å²) in [4.78, 5) is 52.8. The maximum absolute atomic E-state index is 12.8. The molecule has 4 rings (SSSR count). The summed E-state index contributed by atoms with van der Waals surface area (Å²) in [5.74, 6) is -1.83. The number of hydrogen-bond acceptors (Lipinski definition) is 6. The largest absolute Gasteiger partial charge is 0.455 e. The maximum Gasteiger partial charge on any atom is 0.311 e. The number of nitrogens with one attached hydrogen (secondary N) is 1. The van der Waals surface area contributed by atoms with E-state index in [0.29, 0.717) is 41.1 Å². The van der Waals surface area contributed by atoms with Crippen LogP contribution in [-0.4, -0.2) is 48.2 Å². The molecule has 0 saturated carbocycles. The lowest BCUT2D eigenvalue weighted by atomic mass is 9.98. The molecule has 2 amide bonds. The van der Waals surface area contributed by atoms with Crippen molar-refractivity contribution in [2.45, 2.75) is 12.8 Å². The average Bonchev–Trinajstić information content (AvgIpc) is 3.42. The standard InChI is InChI=1S/C26H24N2O5S/c29-23(27-21-12-5-4-11-20(21)24(30)18-8-2-1-3-9-18)17-33-26(32)19-10-6-14-28(16-19)25(31)22-13-7-15-34-22/h1-5,7-9,11-13,15,19H,6,10,14,16-17H2,(H,27,29). The van der Waals surface area contributed by atoms with Gasteiger partial charge in [-0.05, 0) is 36.4 Å². The molecule has 2 aromatic carbocycles. The second-order valence-corrected chi connectivity index (χ2v) is 8.91. The summed E-state index contributed by atoms with van der Waals surface area (Å²) in [6, 6.07) is 19.1. The predicted octanol–water partition coefficient (Wildman–Crippen LogP) is 4.01. The molecule has 0 radical (unpaired) electrons. The van der Waals surface area contributed by atoms with Crippen molar-refractivity contribution in [2.24, 2.45) is 5.92 Å². The van der Waals surface area contributed by atoms with Gasteiger partial charge < -0.3 is 15.0 Å². The number of amides is 2. The fourth-order valence-electron chi connectivity index (χ4n) is 3.89. The van der Waals surface area contributed by atoms with Crippen molar-refractivity contribution in [2.75, 3.05) is 25.0 Å². The first-order valence-electron chi connectivity index (χ1n) is 11.0. The van der Waals surface area contributed by atoms with Crippen molar-refractivity contribution in [3.05, 3.63) is 88.1 Å². The number of rotatable bonds is 7. The normalized spacial score (nSPS) is 15.4. The Kier molecular flexibility index (Phi) is 7.49. The van der Waals surface area contributed by atoms with E-state index < -0.39 is 24.4 Å². The Morgan fingerprint density at radius 1 is 0.971 bits per heavy atom. The Balaban J connectivity index is 1.32. The van der Waals surface area contributed by atoms with E-state index in [-0.39, 0.29) is 18.2 Å².